The third-order valence-electron chi connectivity index (χ3n) is 3.99. The fourth-order valence-electron chi connectivity index (χ4n) is 2.85. The number of ketones is 2. The smallest absolute Gasteiger partial charge is 0.233 e. The van der Waals surface area contributed by atoms with Gasteiger partial charge >= 0.3 is 0 Å². The van der Waals surface area contributed by atoms with E-state index in [1.807, 2.05) is 48.5 Å². The zero-order chi connectivity index (χ0) is 15.8. The van der Waals surface area contributed by atoms with Gasteiger partial charge in [0, 0.05) is 22.9 Å². The zero-order valence-electron chi connectivity index (χ0n) is 12.2. The molecule has 0 fully saturated rings. The summed E-state index contributed by atoms with van der Waals surface area (Å²) < 4.78 is 0. The van der Waals surface area contributed by atoms with E-state index in [-0.39, 0.29) is 0 Å². The molecule has 1 aliphatic rings. The Morgan fingerprint density at radius 1 is 0.696 bits per heavy atom. The molecule has 0 spiro atoms. The molecule has 1 aliphatic carbocycles. The molecule has 110 valence electrons. The van der Waals surface area contributed by atoms with Gasteiger partial charge in [-0.2, -0.15) is 0 Å². The number of benzene rings is 3. The van der Waals surface area contributed by atoms with Crippen molar-refractivity contribution in [3.05, 3.63) is 83.9 Å². The van der Waals surface area contributed by atoms with Crippen LogP contribution in [0.2, 0.25) is 0 Å². The summed E-state index contributed by atoms with van der Waals surface area (Å²) in [5, 5.41) is 5.54. The van der Waals surface area contributed by atoms with Gasteiger partial charge in [0.2, 0.25) is 11.6 Å². The van der Waals surface area contributed by atoms with E-state index in [0.29, 0.717) is 11.3 Å². The molecule has 3 aromatic carbocycles. The van der Waals surface area contributed by atoms with E-state index in [4.69, 9.17) is 0 Å². The van der Waals surface area contributed by atoms with Crippen LogP contribution in [-0.2, 0) is 4.79 Å². The molecule has 0 saturated carbocycles. The number of anilines is 1. The van der Waals surface area contributed by atoms with Crippen LogP contribution in [0.1, 0.15) is 15.9 Å². The van der Waals surface area contributed by atoms with Gasteiger partial charge in [0.25, 0.3) is 0 Å². The molecular formula is C20H13NO2. The van der Waals surface area contributed by atoms with E-state index >= 15 is 0 Å². The van der Waals surface area contributed by atoms with Crippen LogP contribution in [0, 0.1) is 0 Å². The van der Waals surface area contributed by atoms with Crippen molar-refractivity contribution in [3.63, 3.8) is 0 Å². The molecule has 0 amide bonds. The highest BCUT2D eigenvalue weighted by atomic mass is 16.2. The summed E-state index contributed by atoms with van der Waals surface area (Å²) in [7, 11) is 0. The van der Waals surface area contributed by atoms with Crippen LogP contribution >= 0.6 is 0 Å². The average Bonchev–Trinajstić information content (AvgIpc) is 2.59. The molecule has 0 heterocycles. The Balaban J connectivity index is 1.76. The lowest BCUT2D eigenvalue weighted by Crippen LogP contribution is -2.20. The van der Waals surface area contributed by atoms with Gasteiger partial charge < -0.3 is 5.32 Å². The number of carbonyl (C=O) groups excluding carboxylic acids is 2. The lowest BCUT2D eigenvalue weighted by atomic mass is 9.92. The Labute approximate surface area is 133 Å². The molecule has 0 atom stereocenters. The number of rotatable bonds is 2. The summed E-state index contributed by atoms with van der Waals surface area (Å²) in [5.74, 6) is -0.948. The van der Waals surface area contributed by atoms with Crippen molar-refractivity contribution >= 4 is 33.7 Å². The summed E-state index contributed by atoms with van der Waals surface area (Å²) in [6, 6.07) is 21.3. The highest BCUT2D eigenvalue weighted by Gasteiger charge is 2.25. The number of hydrogen-bond acceptors (Lipinski definition) is 3. The Morgan fingerprint density at radius 2 is 1.39 bits per heavy atom. The van der Waals surface area contributed by atoms with Crippen molar-refractivity contribution < 1.29 is 9.59 Å². The van der Waals surface area contributed by atoms with E-state index in [1.54, 1.807) is 12.1 Å². The second-order valence-electron chi connectivity index (χ2n) is 5.48. The number of hydrogen-bond donors (Lipinski definition) is 1. The van der Waals surface area contributed by atoms with Crippen LogP contribution in [0.3, 0.4) is 0 Å². The lowest BCUT2D eigenvalue weighted by molar-refractivity contribution is -0.111. The van der Waals surface area contributed by atoms with Crippen LogP contribution in [0.5, 0.6) is 0 Å². The molecule has 3 aromatic rings. The Morgan fingerprint density at radius 3 is 2.22 bits per heavy atom. The van der Waals surface area contributed by atoms with Gasteiger partial charge in [-0.05, 0) is 22.9 Å². The summed E-state index contributed by atoms with van der Waals surface area (Å²) in [6.45, 7) is 0. The lowest BCUT2D eigenvalue weighted by Gasteiger charge is -2.18. The van der Waals surface area contributed by atoms with E-state index in [9.17, 15) is 9.59 Å². The maximum Gasteiger partial charge on any atom is 0.233 e. The minimum atomic E-state index is -0.494. The standard InChI is InChI=1S/C20H13NO2/c22-19-12-18(16-7-3-4-8-17(16)20(19)23)21-15-10-9-13-5-1-2-6-14(13)11-15/h1-12,21H. The third kappa shape index (κ3) is 2.32. The first-order chi connectivity index (χ1) is 11.2. The minimum Gasteiger partial charge on any atom is -0.355 e. The van der Waals surface area contributed by atoms with E-state index in [1.165, 1.54) is 6.08 Å². The van der Waals surface area contributed by atoms with Crippen molar-refractivity contribution in [2.45, 2.75) is 0 Å². The summed E-state index contributed by atoms with van der Waals surface area (Å²) in [5.41, 5.74) is 2.74. The number of carbonyl (C=O) groups is 2. The predicted molar refractivity (Wildman–Crippen MR) is 91.3 cm³/mol. The van der Waals surface area contributed by atoms with Crippen LogP contribution in [0.4, 0.5) is 5.69 Å². The molecule has 0 aliphatic heterocycles. The quantitative estimate of drug-likeness (QED) is 0.726. The van der Waals surface area contributed by atoms with Gasteiger partial charge in [-0.1, -0.05) is 54.6 Å². The predicted octanol–water partition coefficient (Wildman–Crippen LogP) is 4.06. The molecule has 0 bridgehead atoms. The Bertz CT molecular complexity index is 986. The van der Waals surface area contributed by atoms with Crippen LogP contribution in [0.15, 0.2) is 72.8 Å². The van der Waals surface area contributed by atoms with E-state index in [2.05, 4.69) is 11.4 Å². The largest absolute Gasteiger partial charge is 0.355 e. The average molecular weight is 299 g/mol. The summed E-state index contributed by atoms with van der Waals surface area (Å²) >= 11 is 0. The van der Waals surface area contributed by atoms with Crippen molar-refractivity contribution in [1.29, 1.82) is 0 Å². The van der Waals surface area contributed by atoms with Crippen LogP contribution in [-0.4, -0.2) is 11.6 Å². The highest BCUT2D eigenvalue weighted by Crippen LogP contribution is 2.27. The molecule has 3 heteroatoms. The normalized spacial score (nSPS) is 13.7. The second-order valence-corrected chi connectivity index (χ2v) is 5.48. The summed E-state index contributed by atoms with van der Waals surface area (Å²) in [6.07, 6.45) is 1.37. The molecule has 0 aromatic heterocycles. The van der Waals surface area contributed by atoms with Crippen molar-refractivity contribution in [2.75, 3.05) is 5.32 Å². The van der Waals surface area contributed by atoms with Crippen LogP contribution in [0.25, 0.3) is 16.5 Å². The molecule has 0 radical (unpaired) electrons. The topological polar surface area (TPSA) is 46.2 Å². The third-order valence-corrected chi connectivity index (χ3v) is 3.99. The first kappa shape index (κ1) is 13.5. The molecule has 0 unspecified atom stereocenters. The van der Waals surface area contributed by atoms with E-state index in [0.717, 1.165) is 22.0 Å². The number of Topliss-reactive ketones (excluding diaryl/α,β-unsaturated/α-hetero) is 1. The van der Waals surface area contributed by atoms with Gasteiger partial charge in [-0.3, -0.25) is 9.59 Å². The van der Waals surface area contributed by atoms with Gasteiger partial charge in [-0.15, -0.1) is 0 Å². The Kier molecular flexibility index (Phi) is 3.05. The SMILES string of the molecule is O=C1C=C(Nc2ccc3ccccc3c2)c2ccccc2C1=O. The second kappa shape index (κ2) is 5.21. The Hall–Kier alpha value is -3.20. The van der Waals surface area contributed by atoms with Gasteiger partial charge in [0.15, 0.2) is 0 Å². The first-order valence-electron chi connectivity index (χ1n) is 7.38. The number of allylic oxidation sites excluding steroid dienone is 1. The van der Waals surface area contributed by atoms with Crippen LogP contribution < -0.4 is 5.32 Å². The van der Waals surface area contributed by atoms with Gasteiger partial charge in [0.1, 0.15) is 0 Å². The fourth-order valence-corrected chi connectivity index (χ4v) is 2.85. The summed E-state index contributed by atoms with van der Waals surface area (Å²) in [4.78, 5) is 23.9. The van der Waals surface area contributed by atoms with Gasteiger partial charge in [-0.25, -0.2) is 0 Å². The van der Waals surface area contributed by atoms with E-state index < -0.39 is 11.6 Å². The molecular weight excluding hydrogens is 286 g/mol. The first-order valence-corrected chi connectivity index (χ1v) is 7.38. The maximum atomic E-state index is 12.0. The minimum absolute atomic E-state index is 0.447. The maximum absolute atomic E-state index is 12.0. The van der Waals surface area contributed by atoms with Crippen molar-refractivity contribution in [2.24, 2.45) is 0 Å². The zero-order valence-corrected chi connectivity index (χ0v) is 12.2. The molecule has 3 nitrogen and oxygen atoms in total. The van der Waals surface area contributed by atoms with Crippen molar-refractivity contribution in [3.8, 4) is 0 Å². The number of fused-ring (bicyclic) bond motifs is 2. The van der Waals surface area contributed by atoms with Gasteiger partial charge in [0.05, 0.1) is 5.70 Å². The molecule has 0 saturated heterocycles. The molecule has 4 rings (SSSR count). The van der Waals surface area contributed by atoms with Crippen molar-refractivity contribution in [1.82, 2.24) is 0 Å². The highest BCUT2D eigenvalue weighted by molar-refractivity contribution is 6.50. The fraction of sp³-hybridized carbons (Fsp3) is 0. The number of nitrogens with one attached hydrogen (secondary N) is 1. The monoisotopic (exact) mass is 299 g/mol. The molecule has 23 heavy (non-hydrogen) atoms. The molecule has 1 N–H and O–H groups in total.